The van der Waals surface area contributed by atoms with Crippen LogP contribution in [0.1, 0.15) is 11.3 Å². The second-order valence-electron chi connectivity index (χ2n) is 4.36. The summed E-state index contributed by atoms with van der Waals surface area (Å²) in [6, 6.07) is 7.96. The highest BCUT2D eigenvalue weighted by Gasteiger charge is 2.10. The first-order chi connectivity index (χ1) is 9.63. The molecule has 0 bridgehead atoms. The van der Waals surface area contributed by atoms with Crippen LogP contribution in [0.5, 0.6) is 11.5 Å². The first kappa shape index (κ1) is 14.7. The minimum absolute atomic E-state index is 0.566. The van der Waals surface area contributed by atoms with Crippen molar-refractivity contribution in [3.05, 3.63) is 46.2 Å². The zero-order chi connectivity index (χ0) is 14.5. The van der Waals surface area contributed by atoms with E-state index in [0.29, 0.717) is 18.0 Å². The Bertz CT molecular complexity index is 582. The van der Waals surface area contributed by atoms with E-state index in [4.69, 9.17) is 9.47 Å². The molecule has 20 heavy (non-hydrogen) atoms. The Morgan fingerprint density at radius 2 is 2.00 bits per heavy atom. The molecule has 0 atom stereocenters. The summed E-state index contributed by atoms with van der Waals surface area (Å²) in [6.45, 7) is 2.62. The Kier molecular flexibility index (Phi) is 4.84. The van der Waals surface area contributed by atoms with E-state index in [-0.39, 0.29) is 0 Å². The molecule has 1 aromatic carbocycles. The van der Waals surface area contributed by atoms with Gasteiger partial charge in [-0.05, 0) is 30.7 Å². The lowest BCUT2D eigenvalue weighted by Crippen LogP contribution is -2.05. The molecule has 106 valence electrons. The van der Waals surface area contributed by atoms with Crippen LogP contribution in [0.3, 0.4) is 0 Å². The number of aromatic nitrogens is 1. The van der Waals surface area contributed by atoms with Gasteiger partial charge in [0.1, 0.15) is 5.69 Å². The van der Waals surface area contributed by atoms with Crippen LogP contribution >= 0.6 is 15.9 Å². The Morgan fingerprint density at radius 1 is 1.20 bits per heavy atom. The van der Waals surface area contributed by atoms with Gasteiger partial charge in [-0.25, -0.2) is 0 Å². The fourth-order valence-corrected chi connectivity index (χ4v) is 2.61. The largest absolute Gasteiger partial charge is 0.493 e. The average Bonchev–Trinajstić information content (AvgIpc) is 2.43. The molecule has 0 saturated carbocycles. The quantitative estimate of drug-likeness (QED) is 0.902. The number of ether oxygens (including phenoxy) is 2. The Hall–Kier alpha value is -1.75. The van der Waals surface area contributed by atoms with Gasteiger partial charge in [0, 0.05) is 22.4 Å². The molecular weight excluding hydrogens is 320 g/mol. The van der Waals surface area contributed by atoms with Crippen LogP contribution in [0.4, 0.5) is 5.69 Å². The highest BCUT2D eigenvalue weighted by atomic mass is 79.9. The Labute approximate surface area is 127 Å². The number of anilines is 1. The summed E-state index contributed by atoms with van der Waals surface area (Å²) in [5.74, 6) is 1.35. The standard InChI is InChI=1S/C15H17BrN2O2/c1-10-6-11(16)8-12(7-10)18-9-13-15(20-3)14(19-2)4-5-17-13/h4-8,18H,9H2,1-3H3. The molecule has 0 spiro atoms. The van der Waals surface area contributed by atoms with Crippen molar-refractivity contribution in [3.63, 3.8) is 0 Å². The maximum Gasteiger partial charge on any atom is 0.184 e. The molecule has 0 aliphatic heterocycles. The van der Waals surface area contributed by atoms with Crippen molar-refractivity contribution >= 4 is 21.6 Å². The van der Waals surface area contributed by atoms with E-state index < -0.39 is 0 Å². The van der Waals surface area contributed by atoms with Gasteiger partial charge in [-0.3, -0.25) is 4.98 Å². The lowest BCUT2D eigenvalue weighted by atomic mass is 10.2. The first-order valence-electron chi connectivity index (χ1n) is 6.21. The van der Waals surface area contributed by atoms with Crippen LogP contribution in [-0.4, -0.2) is 19.2 Å². The summed E-state index contributed by atoms with van der Waals surface area (Å²) in [5, 5.41) is 3.34. The molecule has 5 heteroatoms. The molecule has 4 nitrogen and oxygen atoms in total. The van der Waals surface area contributed by atoms with Gasteiger partial charge in [0.15, 0.2) is 11.5 Å². The van der Waals surface area contributed by atoms with Gasteiger partial charge in [0.05, 0.1) is 20.8 Å². The Balaban J connectivity index is 2.18. The second-order valence-corrected chi connectivity index (χ2v) is 5.28. The summed E-state index contributed by atoms with van der Waals surface area (Å²) in [4.78, 5) is 4.34. The van der Waals surface area contributed by atoms with Crippen LogP contribution in [0.25, 0.3) is 0 Å². The minimum Gasteiger partial charge on any atom is -0.493 e. The zero-order valence-electron chi connectivity index (χ0n) is 11.7. The van der Waals surface area contributed by atoms with E-state index in [0.717, 1.165) is 15.9 Å². The second kappa shape index (κ2) is 6.61. The molecule has 0 aliphatic rings. The van der Waals surface area contributed by atoms with Gasteiger partial charge in [0.2, 0.25) is 0 Å². The predicted molar refractivity (Wildman–Crippen MR) is 83.5 cm³/mol. The first-order valence-corrected chi connectivity index (χ1v) is 7.00. The van der Waals surface area contributed by atoms with Crippen LogP contribution in [-0.2, 0) is 6.54 Å². The van der Waals surface area contributed by atoms with Gasteiger partial charge < -0.3 is 14.8 Å². The summed E-state index contributed by atoms with van der Waals surface area (Å²) < 4.78 is 11.7. The molecule has 2 aromatic rings. The third-order valence-corrected chi connectivity index (χ3v) is 3.33. The van der Waals surface area contributed by atoms with Gasteiger partial charge in [-0.2, -0.15) is 0 Å². The monoisotopic (exact) mass is 336 g/mol. The van der Waals surface area contributed by atoms with Crippen molar-refractivity contribution < 1.29 is 9.47 Å². The number of hydrogen-bond acceptors (Lipinski definition) is 4. The average molecular weight is 337 g/mol. The fourth-order valence-electron chi connectivity index (χ4n) is 2.00. The number of aryl methyl sites for hydroxylation is 1. The lowest BCUT2D eigenvalue weighted by molar-refractivity contribution is 0.350. The number of pyridine rings is 1. The van der Waals surface area contributed by atoms with Gasteiger partial charge in [-0.1, -0.05) is 15.9 Å². The number of hydrogen-bond donors (Lipinski definition) is 1. The number of rotatable bonds is 5. The van der Waals surface area contributed by atoms with E-state index in [1.165, 1.54) is 5.56 Å². The zero-order valence-corrected chi connectivity index (χ0v) is 13.3. The third-order valence-electron chi connectivity index (χ3n) is 2.87. The van der Waals surface area contributed by atoms with Crippen molar-refractivity contribution in [1.29, 1.82) is 0 Å². The predicted octanol–water partition coefficient (Wildman–Crippen LogP) is 3.78. The lowest BCUT2D eigenvalue weighted by Gasteiger charge is -2.13. The molecule has 1 N–H and O–H groups in total. The smallest absolute Gasteiger partial charge is 0.184 e. The molecule has 1 heterocycles. The van der Waals surface area contributed by atoms with Crippen LogP contribution in [0.15, 0.2) is 34.9 Å². The van der Waals surface area contributed by atoms with Crippen LogP contribution < -0.4 is 14.8 Å². The van der Waals surface area contributed by atoms with E-state index in [2.05, 4.69) is 45.3 Å². The fraction of sp³-hybridized carbons (Fsp3) is 0.267. The highest BCUT2D eigenvalue weighted by molar-refractivity contribution is 9.10. The van der Waals surface area contributed by atoms with Crippen molar-refractivity contribution in [2.24, 2.45) is 0 Å². The number of halogens is 1. The minimum atomic E-state index is 0.566. The van der Waals surface area contributed by atoms with Gasteiger partial charge in [0.25, 0.3) is 0 Å². The number of nitrogens with zero attached hydrogens (tertiary/aromatic N) is 1. The maximum absolute atomic E-state index is 5.37. The number of nitrogens with one attached hydrogen (secondary N) is 1. The van der Waals surface area contributed by atoms with E-state index in [1.54, 1.807) is 26.5 Å². The van der Waals surface area contributed by atoms with E-state index in [9.17, 15) is 0 Å². The molecule has 0 aliphatic carbocycles. The molecule has 0 amide bonds. The molecule has 0 saturated heterocycles. The van der Waals surface area contributed by atoms with Crippen molar-refractivity contribution in [2.75, 3.05) is 19.5 Å². The molecule has 1 aromatic heterocycles. The van der Waals surface area contributed by atoms with Crippen molar-refractivity contribution in [1.82, 2.24) is 4.98 Å². The van der Waals surface area contributed by atoms with Crippen molar-refractivity contribution in [3.8, 4) is 11.5 Å². The molecular formula is C15H17BrN2O2. The van der Waals surface area contributed by atoms with E-state index in [1.807, 2.05) is 6.07 Å². The molecule has 0 fully saturated rings. The highest BCUT2D eigenvalue weighted by Crippen LogP contribution is 2.29. The summed E-state index contributed by atoms with van der Waals surface area (Å²) in [6.07, 6.45) is 1.71. The van der Waals surface area contributed by atoms with Crippen molar-refractivity contribution in [2.45, 2.75) is 13.5 Å². The summed E-state index contributed by atoms with van der Waals surface area (Å²) in [5.41, 5.74) is 3.03. The summed E-state index contributed by atoms with van der Waals surface area (Å²) >= 11 is 3.49. The van der Waals surface area contributed by atoms with Gasteiger partial charge >= 0.3 is 0 Å². The third kappa shape index (κ3) is 3.42. The molecule has 0 radical (unpaired) electrons. The number of methoxy groups -OCH3 is 2. The SMILES string of the molecule is COc1ccnc(CNc2cc(C)cc(Br)c2)c1OC. The van der Waals surface area contributed by atoms with Crippen LogP contribution in [0, 0.1) is 6.92 Å². The summed E-state index contributed by atoms with van der Waals surface area (Å²) in [7, 11) is 3.24. The topological polar surface area (TPSA) is 43.4 Å². The van der Waals surface area contributed by atoms with Crippen LogP contribution in [0.2, 0.25) is 0 Å². The molecule has 0 unspecified atom stereocenters. The van der Waals surface area contributed by atoms with Gasteiger partial charge in [-0.15, -0.1) is 0 Å². The maximum atomic E-state index is 5.37. The molecule has 2 rings (SSSR count). The van der Waals surface area contributed by atoms with E-state index >= 15 is 0 Å². The number of benzene rings is 1. The Morgan fingerprint density at radius 3 is 2.65 bits per heavy atom. The normalized spacial score (nSPS) is 10.2.